The molecule has 11 heteroatoms. The number of pyridine rings is 1. The van der Waals surface area contributed by atoms with Crippen molar-refractivity contribution in [1.29, 1.82) is 0 Å². The Balaban J connectivity index is 1.22. The average Bonchev–Trinajstić information content (AvgIpc) is 3.45. The summed E-state index contributed by atoms with van der Waals surface area (Å²) in [5.41, 5.74) is 3.26. The molecule has 40 heavy (non-hydrogen) atoms. The number of alkyl halides is 3. The minimum absolute atomic E-state index is 0.0789. The van der Waals surface area contributed by atoms with Crippen molar-refractivity contribution in [1.82, 2.24) is 19.9 Å². The van der Waals surface area contributed by atoms with Gasteiger partial charge in [-0.05, 0) is 47.7 Å². The molecule has 6 rings (SSSR count). The Bertz CT molecular complexity index is 1610. The van der Waals surface area contributed by atoms with Gasteiger partial charge in [0.05, 0.1) is 5.41 Å². The van der Waals surface area contributed by atoms with E-state index in [2.05, 4.69) is 25.6 Å². The van der Waals surface area contributed by atoms with Gasteiger partial charge >= 0.3 is 6.18 Å². The van der Waals surface area contributed by atoms with Crippen LogP contribution in [0.1, 0.15) is 32.7 Å². The average molecular weight is 545 g/mol. The minimum Gasteiger partial charge on any atom is -0.340 e. The van der Waals surface area contributed by atoms with Gasteiger partial charge in [-0.2, -0.15) is 13.2 Å². The normalized spacial score (nSPS) is 17.3. The number of fused-ring (bicyclic) bond motifs is 3. The Morgan fingerprint density at radius 1 is 0.975 bits per heavy atom. The zero-order valence-corrected chi connectivity index (χ0v) is 21.1. The van der Waals surface area contributed by atoms with Crippen LogP contribution in [0.25, 0.3) is 0 Å². The molecule has 2 N–H and O–H groups in total. The molecule has 0 saturated heterocycles. The van der Waals surface area contributed by atoms with Gasteiger partial charge in [-0.15, -0.1) is 0 Å². The van der Waals surface area contributed by atoms with E-state index in [4.69, 9.17) is 0 Å². The summed E-state index contributed by atoms with van der Waals surface area (Å²) in [5.74, 6) is -0.0960. The maximum absolute atomic E-state index is 13.3. The number of rotatable bonds is 6. The monoisotopic (exact) mass is 544 g/mol. The lowest BCUT2D eigenvalue weighted by molar-refractivity contribution is -0.141. The Morgan fingerprint density at radius 3 is 2.58 bits per heavy atom. The quantitative estimate of drug-likeness (QED) is 0.362. The highest BCUT2D eigenvalue weighted by Crippen LogP contribution is 2.47. The molecule has 4 aromatic rings. The molecule has 1 atom stereocenters. The Morgan fingerprint density at radius 2 is 1.77 bits per heavy atom. The topological polar surface area (TPSA) is 100 Å². The van der Waals surface area contributed by atoms with Crippen molar-refractivity contribution in [2.24, 2.45) is 0 Å². The van der Waals surface area contributed by atoms with Crippen molar-refractivity contribution in [2.45, 2.75) is 31.0 Å². The zero-order chi connectivity index (χ0) is 27.9. The number of halogens is 3. The number of nitrogens with zero attached hydrogens (tertiary/aromatic N) is 4. The first-order valence-corrected chi connectivity index (χ1v) is 12.6. The van der Waals surface area contributed by atoms with Gasteiger partial charge in [0, 0.05) is 30.1 Å². The van der Waals surface area contributed by atoms with E-state index in [-0.39, 0.29) is 24.0 Å². The molecule has 1 spiro atoms. The number of nitrogens with one attached hydrogen (secondary N) is 2. The van der Waals surface area contributed by atoms with Crippen LogP contribution in [-0.4, -0.2) is 44.4 Å². The van der Waals surface area contributed by atoms with E-state index in [1.165, 1.54) is 6.07 Å². The smallest absolute Gasteiger partial charge is 0.340 e. The summed E-state index contributed by atoms with van der Waals surface area (Å²) >= 11 is 0. The lowest BCUT2D eigenvalue weighted by atomic mass is 9.79. The van der Waals surface area contributed by atoms with Gasteiger partial charge in [-0.25, -0.2) is 15.0 Å². The summed E-state index contributed by atoms with van der Waals surface area (Å²) in [4.78, 5) is 39.2. The predicted molar refractivity (Wildman–Crippen MR) is 141 cm³/mol. The Kier molecular flexibility index (Phi) is 6.21. The fourth-order valence-electron chi connectivity index (χ4n) is 5.42. The SMILES string of the molecule is O=C(c1cc(Nc2ccc3c(c2)CC2(C3)C(=O)Nc3ncccc32)ncn1)N(Cc1ccccc1)CC(F)(F)F. The van der Waals surface area contributed by atoms with Gasteiger partial charge in [-0.1, -0.05) is 42.5 Å². The number of hydrogen-bond acceptors (Lipinski definition) is 6. The number of amides is 2. The first-order chi connectivity index (χ1) is 19.2. The maximum Gasteiger partial charge on any atom is 0.406 e. The van der Waals surface area contributed by atoms with E-state index in [9.17, 15) is 22.8 Å². The lowest BCUT2D eigenvalue weighted by Crippen LogP contribution is -2.38. The number of carbonyl (C=O) groups excluding carboxylic acids is 2. The van der Waals surface area contributed by atoms with Gasteiger partial charge < -0.3 is 15.5 Å². The third-order valence-electron chi connectivity index (χ3n) is 7.21. The molecule has 2 amide bonds. The van der Waals surface area contributed by atoms with Crippen LogP contribution in [-0.2, 0) is 29.6 Å². The summed E-state index contributed by atoms with van der Waals surface area (Å²) in [5, 5.41) is 6.00. The molecule has 2 aromatic carbocycles. The Hall–Kier alpha value is -4.80. The van der Waals surface area contributed by atoms with Gasteiger partial charge in [0.15, 0.2) is 0 Å². The summed E-state index contributed by atoms with van der Waals surface area (Å²) in [7, 11) is 0. The fraction of sp³-hybridized carbons (Fsp3) is 0.207. The lowest BCUT2D eigenvalue weighted by Gasteiger charge is -2.24. The molecule has 1 aliphatic carbocycles. The molecule has 0 saturated carbocycles. The first kappa shape index (κ1) is 25.5. The molecule has 0 radical (unpaired) electrons. The van der Waals surface area contributed by atoms with Crippen molar-refractivity contribution in [3.05, 3.63) is 107 Å². The summed E-state index contributed by atoms with van der Waals surface area (Å²) in [6, 6.07) is 19.2. The third-order valence-corrected chi connectivity index (χ3v) is 7.21. The van der Waals surface area contributed by atoms with Crippen LogP contribution >= 0.6 is 0 Å². The molecule has 2 aliphatic rings. The van der Waals surface area contributed by atoms with Crippen molar-refractivity contribution in [2.75, 3.05) is 17.2 Å². The van der Waals surface area contributed by atoms with E-state index in [0.717, 1.165) is 27.9 Å². The van der Waals surface area contributed by atoms with Crippen LogP contribution < -0.4 is 10.6 Å². The second kappa shape index (κ2) is 9.74. The van der Waals surface area contributed by atoms with Crippen molar-refractivity contribution >= 4 is 29.1 Å². The van der Waals surface area contributed by atoms with Crippen LogP contribution in [0.2, 0.25) is 0 Å². The standard InChI is InChI=1S/C29H23F3N6O2/c30-29(31,32)16-38(15-18-5-2-1-3-6-18)26(39)23-12-24(35-17-34-23)36-21-9-8-19-13-28(14-20(19)11-21)22-7-4-10-33-25(22)37-27(28)40/h1-12,17H,13-16H2,(H,33,37,40)(H,34,35,36). The molecule has 1 unspecified atom stereocenters. The zero-order valence-electron chi connectivity index (χ0n) is 21.1. The van der Waals surface area contributed by atoms with Crippen LogP contribution in [0, 0.1) is 0 Å². The highest BCUT2D eigenvalue weighted by molar-refractivity contribution is 6.06. The maximum atomic E-state index is 13.3. The predicted octanol–water partition coefficient (Wildman–Crippen LogP) is 4.81. The summed E-state index contributed by atoms with van der Waals surface area (Å²) < 4.78 is 39.9. The number of carbonyl (C=O) groups is 2. The van der Waals surface area contributed by atoms with E-state index < -0.39 is 24.0 Å². The second-order valence-electron chi connectivity index (χ2n) is 9.95. The van der Waals surface area contributed by atoms with E-state index in [0.29, 0.717) is 29.9 Å². The van der Waals surface area contributed by atoms with Gasteiger partial charge in [0.2, 0.25) is 5.91 Å². The van der Waals surface area contributed by atoms with Gasteiger partial charge in [0.1, 0.15) is 30.2 Å². The summed E-state index contributed by atoms with van der Waals surface area (Å²) in [6.07, 6.45) is -0.739. The highest BCUT2D eigenvalue weighted by atomic mass is 19.4. The molecule has 1 aliphatic heterocycles. The van der Waals surface area contributed by atoms with Gasteiger partial charge in [-0.3, -0.25) is 9.59 Å². The van der Waals surface area contributed by atoms with Crippen LogP contribution in [0.5, 0.6) is 0 Å². The highest BCUT2D eigenvalue weighted by Gasteiger charge is 2.51. The number of aromatic nitrogens is 3. The molecule has 3 heterocycles. The third kappa shape index (κ3) is 4.86. The van der Waals surface area contributed by atoms with Gasteiger partial charge in [0.25, 0.3) is 5.91 Å². The second-order valence-corrected chi connectivity index (χ2v) is 9.95. The molecular formula is C29H23F3N6O2. The number of benzene rings is 2. The van der Waals surface area contributed by atoms with Crippen LogP contribution in [0.15, 0.2) is 79.3 Å². The van der Waals surface area contributed by atoms with E-state index >= 15 is 0 Å². The van der Waals surface area contributed by atoms with Crippen molar-refractivity contribution in [3.63, 3.8) is 0 Å². The molecule has 202 valence electrons. The number of hydrogen-bond donors (Lipinski definition) is 2. The minimum atomic E-state index is -4.58. The van der Waals surface area contributed by atoms with E-state index in [1.807, 2.05) is 30.3 Å². The molecule has 0 bridgehead atoms. The molecule has 2 aromatic heterocycles. The molecular weight excluding hydrogens is 521 g/mol. The Labute approximate surface area is 227 Å². The number of anilines is 3. The van der Waals surface area contributed by atoms with Crippen molar-refractivity contribution < 1.29 is 22.8 Å². The van der Waals surface area contributed by atoms with Crippen LogP contribution in [0.4, 0.5) is 30.5 Å². The van der Waals surface area contributed by atoms with Crippen molar-refractivity contribution in [3.8, 4) is 0 Å². The molecule has 0 fully saturated rings. The summed E-state index contributed by atoms with van der Waals surface area (Å²) in [6.45, 7) is -1.63. The fourth-order valence-corrected chi connectivity index (χ4v) is 5.42. The largest absolute Gasteiger partial charge is 0.406 e. The first-order valence-electron chi connectivity index (χ1n) is 12.6. The molecule has 8 nitrogen and oxygen atoms in total. The van der Waals surface area contributed by atoms with E-state index in [1.54, 1.807) is 36.5 Å². The van der Waals surface area contributed by atoms with Crippen LogP contribution in [0.3, 0.4) is 0 Å².